The van der Waals surface area contributed by atoms with Crippen LogP contribution in [0, 0.1) is 0 Å². The second kappa shape index (κ2) is 5.24. The van der Waals surface area contributed by atoms with Crippen molar-refractivity contribution in [3.05, 3.63) is 36.0 Å². The number of nitrogens with one attached hydrogen (secondary N) is 1. The highest BCUT2D eigenvalue weighted by Crippen LogP contribution is 2.22. The van der Waals surface area contributed by atoms with Crippen LogP contribution in [0.1, 0.15) is 24.3 Å². The van der Waals surface area contributed by atoms with E-state index in [1.54, 1.807) is 18.0 Å². The van der Waals surface area contributed by atoms with Gasteiger partial charge in [0.2, 0.25) is 0 Å². The van der Waals surface area contributed by atoms with Gasteiger partial charge >= 0.3 is 0 Å². The zero-order valence-corrected chi connectivity index (χ0v) is 11.3. The molecule has 3 N–H and O–H groups in total. The van der Waals surface area contributed by atoms with Crippen molar-refractivity contribution in [3.8, 4) is 0 Å². The SMILES string of the molecule is CC(C)N(C)C(=O)c1cc(NN)c2ccccc2n1. The zero-order valence-electron chi connectivity index (χ0n) is 11.3. The van der Waals surface area contributed by atoms with Crippen LogP contribution in [0.5, 0.6) is 0 Å². The first-order valence-electron chi connectivity index (χ1n) is 6.18. The number of nitrogens with zero attached hydrogens (tertiary/aromatic N) is 2. The number of fused-ring (bicyclic) bond motifs is 1. The highest BCUT2D eigenvalue weighted by Gasteiger charge is 2.17. The van der Waals surface area contributed by atoms with E-state index in [0.717, 1.165) is 10.9 Å². The first kappa shape index (κ1) is 13.3. The van der Waals surface area contributed by atoms with E-state index >= 15 is 0 Å². The molecule has 19 heavy (non-hydrogen) atoms. The maximum atomic E-state index is 12.3. The van der Waals surface area contributed by atoms with E-state index in [-0.39, 0.29) is 11.9 Å². The fourth-order valence-corrected chi connectivity index (χ4v) is 1.82. The molecule has 2 aromatic rings. The summed E-state index contributed by atoms with van der Waals surface area (Å²) in [5.74, 6) is 5.40. The number of hydrazine groups is 1. The fourth-order valence-electron chi connectivity index (χ4n) is 1.82. The molecule has 2 rings (SSSR count). The van der Waals surface area contributed by atoms with E-state index in [0.29, 0.717) is 11.4 Å². The molecule has 1 amide bonds. The zero-order chi connectivity index (χ0) is 14.0. The Kier molecular flexibility index (Phi) is 3.66. The molecule has 5 heteroatoms. The van der Waals surface area contributed by atoms with E-state index in [1.807, 2.05) is 38.1 Å². The Morgan fingerprint density at radius 2 is 2.05 bits per heavy atom. The monoisotopic (exact) mass is 258 g/mol. The lowest BCUT2D eigenvalue weighted by Gasteiger charge is -2.21. The largest absolute Gasteiger partial charge is 0.338 e. The van der Waals surface area contributed by atoms with Crippen LogP contribution in [-0.4, -0.2) is 28.9 Å². The van der Waals surface area contributed by atoms with Gasteiger partial charge in [0.05, 0.1) is 11.2 Å². The first-order valence-corrected chi connectivity index (χ1v) is 6.18. The minimum Gasteiger partial charge on any atom is -0.338 e. The van der Waals surface area contributed by atoms with Gasteiger partial charge in [-0.25, -0.2) is 4.98 Å². The second-order valence-corrected chi connectivity index (χ2v) is 4.73. The summed E-state index contributed by atoms with van der Waals surface area (Å²) in [6.07, 6.45) is 0. The average molecular weight is 258 g/mol. The van der Waals surface area contributed by atoms with E-state index in [2.05, 4.69) is 10.4 Å². The minimum atomic E-state index is -0.114. The van der Waals surface area contributed by atoms with Crippen LogP contribution < -0.4 is 11.3 Å². The molecule has 0 spiro atoms. The van der Waals surface area contributed by atoms with Gasteiger partial charge in [-0.3, -0.25) is 10.6 Å². The lowest BCUT2D eigenvalue weighted by Crippen LogP contribution is -2.33. The number of hydrogen-bond acceptors (Lipinski definition) is 4. The molecule has 0 fully saturated rings. The Balaban J connectivity index is 2.53. The van der Waals surface area contributed by atoms with E-state index in [9.17, 15) is 4.79 Å². The summed E-state index contributed by atoms with van der Waals surface area (Å²) in [7, 11) is 1.76. The van der Waals surface area contributed by atoms with Crippen molar-refractivity contribution in [2.24, 2.45) is 5.84 Å². The molecule has 0 aliphatic rings. The van der Waals surface area contributed by atoms with Crippen LogP contribution in [0.4, 0.5) is 5.69 Å². The Labute approximate surface area is 112 Å². The Morgan fingerprint density at radius 3 is 2.68 bits per heavy atom. The molecule has 1 heterocycles. The van der Waals surface area contributed by atoms with Gasteiger partial charge in [-0.2, -0.15) is 0 Å². The number of aromatic nitrogens is 1. The van der Waals surface area contributed by atoms with Gasteiger partial charge in [-0.15, -0.1) is 0 Å². The summed E-state index contributed by atoms with van der Waals surface area (Å²) in [6, 6.07) is 9.38. The third-order valence-corrected chi connectivity index (χ3v) is 3.19. The minimum absolute atomic E-state index is 0.114. The number of carbonyl (C=O) groups is 1. The highest BCUT2D eigenvalue weighted by atomic mass is 16.2. The van der Waals surface area contributed by atoms with Gasteiger partial charge < -0.3 is 10.3 Å². The van der Waals surface area contributed by atoms with Crippen molar-refractivity contribution in [2.75, 3.05) is 12.5 Å². The number of nitrogens with two attached hydrogens (primary N) is 1. The van der Waals surface area contributed by atoms with E-state index in [1.165, 1.54) is 0 Å². The number of amides is 1. The summed E-state index contributed by atoms with van der Waals surface area (Å²) in [4.78, 5) is 18.3. The Hall–Kier alpha value is -2.14. The van der Waals surface area contributed by atoms with Crippen LogP contribution in [0.15, 0.2) is 30.3 Å². The van der Waals surface area contributed by atoms with Crippen molar-refractivity contribution in [1.29, 1.82) is 0 Å². The number of nitrogen functional groups attached to an aromatic ring is 1. The summed E-state index contributed by atoms with van der Waals surface area (Å²) in [5.41, 5.74) is 4.46. The summed E-state index contributed by atoms with van der Waals surface area (Å²) in [5, 5.41) is 0.897. The molecule has 0 unspecified atom stereocenters. The summed E-state index contributed by atoms with van der Waals surface area (Å²) in [6.45, 7) is 3.92. The van der Waals surface area contributed by atoms with Crippen molar-refractivity contribution < 1.29 is 4.79 Å². The molecule has 100 valence electrons. The van der Waals surface area contributed by atoms with Crippen molar-refractivity contribution >= 4 is 22.5 Å². The van der Waals surface area contributed by atoms with Gasteiger partial charge in [0.1, 0.15) is 5.69 Å². The predicted octanol–water partition coefficient (Wildman–Crippen LogP) is 2.00. The van der Waals surface area contributed by atoms with Gasteiger partial charge in [0.15, 0.2) is 0 Å². The first-order chi connectivity index (χ1) is 9.04. The molecule has 5 nitrogen and oxygen atoms in total. The molecular formula is C14H18N4O. The number of para-hydroxylation sites is 1. The third kappa shape index (κ3) is 2.51. The topological polar surface area (TPSA) is 71.2 Å². The van der Waals surface area contributed by atoms with Crippen LogP contribution in [0.25, 0.3) is 10.9 Å². The maximum Gasteiger partial charge on any atom is 0.272 e. The molecular weight excluding hydrogens is 240 g/mol. The molecule has 0 aliphatic carbocycles. The number of carbonyl (C=O) groups excluding carboxylic acids is 1. The predicted molar refractivity (Wildman–Crippen MR) is 76.8 cm³/mol. The number of hydrogen-bond donors (Lipinski definition) is 2. The molecule has 0 radical (unpaired) electrons. The van der Waals surface area contributed by atoms with Gasteiger partial charge in [0.25, 0.3) is 5.91 Å². The number of anilines is 1. The normalized spacial score (nSPS) is 10.8. The van der Waals surface area contributed by atoms with Gasteiger partial charge in [-0.05, 0) is 26.0 Å². The second-order valence-electron chi connectivity index (χ2n) is 4.73. The molecule has 1 aromatic heterocycles. The Bertz CT molecular complexity index is 609. The highest BCUT2D eigenvalue weighted by molar-refractivity contribution is 5.99. The van der Waals surface area contributed by atoms with E-state index in [4.69, 9.17) is 5.84 Å². The molecule has 0 saturated heterocycles. The van der Waals surface area contributed by atoms with Crippen LogP contribution in [0.2, 0.25) is 0 Å². The lowest BCUT2D eigenvalue weighted by atomic mass is 10.1. The van der Waals surface area contributed by atoms with Crippen LogP contribution >= 0.6 is 0 Å². The number of benzene rings is 1. The molecule has 0 bridgehead atoms. The summed E-state index contributed by atoms with van der Waals surface area (Å²) >= 11 is 0. The molecule has 0 atom stereocenters. The average Bonchev–Trinajstić information content (AvgIpc) is 2.44. The van der Waals surface area contributed by atoms with Crippen LogP contribution in [0.3, 0.4) is 0 Å². The van der Waals surface area contributed by atoms with Gasteiger partial charge in [-0.1, -0.05) is 18.2 Å². The standard InChI is InChI=1S/C14H18N4O/c1-9(2)18(3)14(19)13-8-12(17-15)10-6-4-5-7-11(10)16-13/h4-9H,15H2,1-3H3,(H,16,17). The smallest absolute Gasteiger partial charge is 0.272 e. The van der Waals surface area contributed by atoms with Crippen molar-refractivity contribution in [3.63, 3.8) is 0 Å². The van der Waals surface area contributed by atoms with Crippen LogP contribution in [-0.2, 0) is 0 Å². The molecule has 0 saturated carbocycles. The van der Waals surface area contributed by atoms with E-state index < -0.39 is 0 Å². The number of pyridine rings is 1. The fraction of sp³-hybridized carbons (Fsp3) is 0.286. The third-order valence-electron chi connectivity index (χ3n) is 3.19. The van der Waals surface area contributed by atoms with Crippen molar-refractivity contribution in [2.45, 2.75) is 19.9 Å². The number of rotatable bonds is 3. The quantitative estimate of drug-likeness (QED) is 0.652. The summed E-state index contributed by atoms with van der Waals surface area (Å²) < 4.78 is 0. The lowest BCUT2D eigenvalue weighted by molar-refractivity contribution is 0.0749. The Morgan fingerprint density at radius 1 is 1.37 bits per heavy atom. The van der Waals surface area contributed by atoms with Crippen molar-refractivity contribution in [1.82, 2.24) is 9.88 Å². The van der Waals surface area contributed by atoms with Gasteiger partial charge in [0, 0.05) is 18.5 Å². The maximum absolute atomic E-state index is 12.3. The molecule has 0 aliphatic heterocycles. The molecule has 1 aromatic carbocycles.